The van der Waals surface area contributed by atoms with Gasteiger partial charge >= 0.3 is 0 Å². The van der Waals surface area contributed by atoms with Crippen molar-refractivity contribution in [2.24, 2.45) is 7.05 Å². The van der Waals surface area contributed by atoms with Gasteiger partial charge in [-0.3, -0.25) is 14.5 Å². The predicted molar refractivity (Wildman–Crippen MR) is 92.8 cm³/mol. The monoisotopic (exact) mass is 320 g/mol. The first-order valence-corrected chi connectivity index (χ1v) is 8.31. The maximum atomic E-state index is 12.8. The topological polar surface area (TPSA) is 59.8 Å². The number of aryl methyl sites for hydroxylation is 2. The van der Waals surface area contributed by atoms with Crippen LogP contribution < -0.4 is 5.32 Å². The Morgan fingerprint density at radius 1 is 1.33 bits per heavy atom. The van der Waals surface area contributed by atoms with Crippen LogP contribution in [0.25, 0.3) is 10.9 Å². The van der Waals surface area contributed by atoms with Crippen LogP contribution in [0, 0.1) is 6.92 Å². The molecule has 1 N–H and O–H groups in total. The second-order valence-corrected chi connectivity index (χ2v) is 6.40. The molecule has 2 heterocycles. The van der Waals surface area contributed by atoms with Gasteiger partial charge in [0.05, 0.1) is 29.0 Å². The number of para-hydroxylation sites is 1. The van der Waals surface area contributed by atoms with Crippen molar-refractivity contribution in [1.82, 2.24) is 20.1 Å². The number of hydrogen-bond donors (Lipinski definition) is 1. The van der Waals surface area contributed by atoms with Crippen LogP contribution in [0.15, 0.2) is 36.5 Å². The summed E-state index contributed by atoms with van der Waals surface area (Å²) in [6.45, 7) is 1.89. The fourth-order valence-electron chi connectivity index (χ4n) is 3.53. The first kappa shape index (κ1) is 14.9. The molecule has 5 heteroatoms. The number of carbonyl (C=O) groups is 1. The van der Waals surface area contributed by atoms with E-state index in [0.29, 0.717) is 5.56 Å². The van der Waals surface area contributed by atoms with Crippen LogP contribution in [0.5, 0.6) is 0 Å². The van der Waals surface area contributed by atoms with Crippen molar-refractivity contribution >= 4 is 16.8 Å². The molecular weight excluding hydrogens is 300 g/mol. The van der Waals surface area contributed by atoms with E-state index in [9.17, 15) is 4.79 Å². The van der Waals surface area contributed by atoms with E-state index in [4.69, 9.17) is 0 Å². The molecule has 1 atom stereocenters. The molecule has 1 aromatic carbocycles. The number of hydrogen-bond acceptors (Lipinski definition) is 3. The molecule has 2 aromatic heterocycles. The van der Waals surface area contributed by atoms with Gasteiger partial charge in [0.1, 0.15) is 0 Å². The van der Waals surface area contributed by atoms with E-state index in [0.717, 1.165) is 41.4 Å². The molecule has 1 amide bonds. The molecule has 1 unspecified atom stereocenters. The van der Waals surface area contributed by atoms with E-state index in [1.54, 1.807) is 0 Å². The highest BCUT2D eigenvalue weighted by molar-refractivity contribution is 5.98. The molecule has 0 fully saturated rings. The third-order valence-corrected chi connectivity index (χ3v) is 4.84. The number of carbonyl (C=O) groups excluding carboxylic acids is 1. The molecular formula is C19H20N4O. The van der Waals surface area contributed by atoms with Gasteiger partial charge in [0.15, 0.2) is 0 Å². The highest BCUT2D eigenvalue weighted by atomic mass is 16.1. The Hall–Kier alpha value is -2.69. The van der Waals surface area contributed by atoms with Crippen molar-refractivity contribution in [3.63, 3.8) is 0 Å². The Morgan fingerprint density at radius 3 is 3.04 bits per heavy atom. The lowest BCUT2D eigenvalue weighted by Crippen LogP contribution is -2.31. The lowest BCUT2D eigenvalue weighted by atomic mass is 9.92. The second kappa shape index (κ2) is 5.74. The lowest BCUT2D eigenvalue weighted by Gasteiger charge is -2.24. The maximum absolute atomic E-state index is 12.8. The summed E-state index contributed by atoms with van der Waals surface area (Å²) in [6.07, 6.45) is 4.91. The molecule has 1 aliphatic carbocycles. The average molecular weight is 320 g/mol. The van der Waals surface area contributed by atoms with Crippen LogP contribution in [0.1, 0.15) is 46.2 Å². The van der Waals surface area contributed by atoms with Crippen LogP contribution in [0.2, 0.25) is 0 Å². The number of pyridine rings is 1. The van der Waals surface area contributed by atoms with Crippen LogP contribution in [-0.4, -0.2) is 20.7 Å². The van der Waals surface area contributed by atoms with Crippen LogP contribution in [0.4, 0.5) is 0 Å². The van der Waals surface area contributed by atoms with Gasteiger partial charge in [-0.1, -0.05) is 18.2 Å². The minimum Gasteiger partial charge on any atom is -0.345 e. The minimum absolute atomic E-state index is 0.0285. The SMILES string of the molecule is Cc1nc2ccccc2cc1C(=O)NC1CCCc2c1cnn2C. The number of nitrogens with zero attached hydrogens (tertiary/aromatic N) is 3. The molecule has 3 aromatic rings. The molecule has 24 heavy (non-hydrogen) atoms. The van der Waals surface area contributed by atoms with Gasteiger partial charge in [-0.25, -0.2) is 0 Å². The number of nitrogens with one attached hydrogen (secondary N) is 1. The van der Waals surface area contributed by atoms with Crippen molar-refractivity contribution in [3.05, 3.63) is 59.0 Å². The number of benzene rings is 1. The molecule has 0 bridgehead atoms. The van der Waals surface area contributed by atoms with Crippen molar-refractivity contribution < 1.29 is 4.79 Å². The average Bonchev–Trinajstić information content (AvgIpc) is 2.96. The number of rotatable bonds is 2. The summed E-state index contributed by atoms with van der Waals surface area (Å²) in [6, 6.07) is 9.83. The standard InChI is InChI=1S/C19H20N4O/c1-12-14(10-13-6-3-4-7-16(13)21-12)19(24)22-17-8-5-9-18-15(17)11-20-23(18)2/h3-4,6-7,10-11,17H,5,8-9H2,1-2H3,(H,22,24). The summed E-state index contributed by atoms with van der Waals surface area (Å²) in [5.41, 5.74) is 4.68. The van der Waals surface area contributed by atoms with E-state index < -0.39 is 0 Å². The van der Waals surface area contributed by atoms with E-state index in [2.05, 4.69) is 15.4 Å². The van der Waals surface area contributed by atoms with E-state index >= 15 is 0 Å². The van der Waals surface area contributed by atoms with Crippen molar-refractivity contribution in [2.45, 2.75) is 32.2 Å². The second-order valence-electron chi connectivity index (χ2n) is 6.40. The largest absolute Gasteiger partial charge is 0.345 e. The van der Waals surface area contributed by atoms with Crippen molar-refractivity contribution in [1.29, 1.82) is 0 Å². The molecule has 0 spiro atoms. The summed E-state index contributed by atoms with van der Waals surface area (Å²) in [7, 11) is 1.96. The summed E-state index contributed by atoms with van der Waals surface area (Å²) >= 11 is 0. The minimum atomic E-state index is -0.0625. The van der Waals surface area contributed by atoms with Gasteiger partial charge in [0, 0.05) is 23.7 Å². The van der Waals surface area contributed by atoms with Gasteiger partial charge in [-0.15, -0.1) is 0 Å². The van der Waals surface area contributed by atoms with E-state index in [-0.39, 0.29) is 11.9 Å². The Kier molecular flexibility index (Phi) is 3.56. The lowest BCUT2D eigenvalue weighted by molar-refractivity contribution is 0.0932. The summed E-state index contributed by atoms with van der Waals surface area (Å²) in [5, 5.41) is 8.50. The summed E-state index contributed by atoms with van der Waals surface area (Å²) < 4.78 is 1.91. The van der Waals surface area contributed by atoms with Gasteiger partial charge in [0.25, 0.3) is 5.91 Å². The number of fused-ring (bicyclic) bond motifs is 2. The van der Waals surface area contributed by atoms with E-state index in [1.807, 2.05) is 55.2 Å². The first-order chi connectivity index (χ1) is 11.6. The molecule has 0 saturated heterocycles. The first-order valence-electron chi connectivity index (χ1n) is 8.31. The zero-order valence-electron chi connectivity index (χ0n) is 13.9. The van der Waals surface area contributed by atoms with Crippen LogP contribution >= 0.6 is 0 Å². The van der Waals surface area contributed by atoms with Crippen molar-refractivity contribution in [2.75, 3.05) is 0 Å². The fraction of sp³-hybridized carbons (Fsp3) is 0.316. The number of aromatic nitrogens is 3. The third kappa shape index (κ3) is 2.46. The summed E-state index contributed by atoms with van der Waals surface area (Å²) in [5.74, 6) is -0.0625. The summed E-state index contributed by atoms with van der Waals surface area (Å²) in [4.78, 5) is 17.4. The molecule has 122 valence electrons. The Balaban J connectivity index is 1.64. The zero-order chi connectivity index (χ0) is 16.7. The van der Waals surface area contributed by atoms with Crippen molar-refractivity contribution in [3.8, 4) is 0 Å². The highest BCUT2D eigenvalue weighted by Crippen LogP contribution is 2.29. The molecule has 5 nitrogen and oxygen atoms in total. The molecule has 1 aliphatic rings. The van der Waals surface area contributed by atoms with Crippen LogP contribution in [0.3, 0.4) is 0 Å². The molecule has 0 saturated carbocycles. The normalized spacial score (nSPS) is 16.8. The molecule has 4 rings (SSSR count). The van der Waals surface area contributed by atoms with Gasteiger partial charge in [0.2, 0.25) is 0 Å². The Bertz CT molecular complexity index is 928. The molecule has 0 radical (unpaired) electrons. The highest BCUT2D eigenvalue weighted by Gasteiger charge is 2.25. The maximum Gasteiger partial charge on any atom is 0.253 e. The fourth-order valence-corrected chi connectivity index (χ4v) is 3.53. The smallest absolute Gasteiger partial charge is 0.253 e. The van der Waals surface area contributed by atoms with Gasteiger partial charge in [-0.05, 0) is 38.3 Å². The molecule has 0 aliphatic heterocycles. The Morgan fingerprint density at radius 2 is 2.17 bits per heavy atom. The van der Waals surface area contributed by atoms with Gasteiger partial charge < -0.3 is 5.32 Å². The Labute approximate surface area is 140 Å². The van der Waals surface area contributed by atoms with Gasteiger partial charge in [-0.2, -0.15) is 5.10 Å². The predicted octanol–water partition coefficient (Wildman–Crippen LogP) is 3.08. The zero-order valence-corrected chi connectivity index (χ0v) is 13.9. The van der Waals surface area contributed by atoms with E-state index in [1.165, 1.54) is 5.69 Å². The van der Waals surface area contributed by atoms with Crippen LogP contribution in [-0.2, 0) is 13.5 Å². The third-order valence-electron chi connectivity index (χ3n) is 4.84. The number of amides is 1. The quantitative estimate of drug-likeness (QED) is 0.789.